The molecule has 4 rings (SSSR count). The molecule has 1 saturated heterocycles. The lowest BCUT2D eigenvalue weighted by molar-refractivity contribution is -0.118. The van der Waals surface area contributed by atoms with Crippen molar-refractivity contribution < 1.29 is 28.2 Å². The van der Waals surface area contributed by atoms with E-state index in [4.69, 9.17) is 9.47 Å². The fourth-order valence-corrected chi connectivity index (χ4v) is 3.46. The lowest BCUT2D eigenvalue weighted by atomic mass is 10.1. The van der Waals surface area contributed by atoms with Crippen molar-refractivity contribution in [2.45, 2.75) is 13.1 Å². The maximum Gasteiger partial charge on any atom is 0.324 e. The summed E-state index contributed by atoms with van der Waals surface area (Å²) in [6.07, 6.45) is 0. The Morgan fingerprint density at radius 1 is 1.03 bits per heavy atom. The van der Waals surface area contributed by atoms with Crippen LogP contribution in [0.4, 0.5) is 9.18 Å². The number of urea groups is 1. The average Bonchev–Trinajstić information content (AvgIpc) is 3.16. The van der Waals surface area contributed by atoms with Crippen LogP contribution in [-0.4, -0.2) is 36.4 Å². The van der Waals surface area contributed by atoms with Crippen LogP contribution in [0.1, 0.15) is 21.5 Å². The Morgan fingerprint density at radius 3 is 2.32 bits per heavy atom. The number of hydrogen-bond acceptors (Lipinski definition) is 5. The first-order valence-corrected chi connectivity index (χ1v) is 10.5. The molecule has 3 aromatic rings. The third kappa shape index (κ3) is 5.50. The molecule has 1 aliphatic heterocycles. The second-order valence-corrected chi connectivity index (χ2v) is 7.62. The summed E-state index contributed by atoms with van der Waals surface area (Å²) in [5.41, 5.74) is 1.88. The first-order valence-electron chi connectivity index (χ1n) is 10.5. The minimum absolute atomic E-state index is 0.0424. The lowest BCUT2D eigenvalue weighted by Crippen LogP contribution is -2.28. The van der Waals surface area contributed by atoms with Crippen LogP contribution < -0.4 is 20.1 Å². The summed E-state index contributed by atoms with van der Waals surface area (Å²) in [6, 6.07) is 17.3. The number of imide groups is 1. The monoisotopic (exact) mass is 463 g/mol. The molecule has 1 aliphatic rings. The van der Waals surface area contributed by atoms with Crippen LogP contribution in [0.15, 0.2) is 66.7 Å². The van der Waals surface area contributed by atoms with Crippen LogP contribution in [0, 0.1) is 5.82 Å². The molecule has 0 bridgehead atoms. The van der Waals surface area contributed by atoms with E-state index in [0.29, 0.717) is 34.9 Å². The lowest BCUT2D eigenvalue weighted by Gasteiger charge is -2.16. The summed E-state index contributed by atoms with van der Waals surface area (Å²) in [7, 11) is 1.50. The zero-order valence-corrected chi connectivity index (χ0v) is 18.3. The van der Waals surface area contributed by atoms with Gasteiger partial charge >= 0.3 is 6.03 Å². The van der Waals surface area contributed by atoms with E-state index in [1.807, 2.05) is 12.1 Å². The summed E-state index contributed by atoms with van der Waals surface area (Å²) in [5, 5.41) is 5.08. The highest BCUT2D eigenvalue weighted by molar-refractivity contribution is 6.02. The molecule has 8 nitrogen and oxygen atoms in total. The summed E-state index contributed by atoms with van der Waals surface area (Å²) >= 11 is 0. The number of ether oxygens (including phenoxy) is 2. The molecule has 1 fully saturated rings. The number of carbonyl (C=O) groups excluding carboxylic acids is 3. The standard InChI is InChI=1S/C25H22FN3O5/c1-33-22-11-4-17(12-18(22)14-29-15-23(30)28-25(29)32)24(31)27-13-16-2-7-20(8-3-16)34-21-9-5-19(26)6-10-21/h2-12H,13-15H2,1H3,(H,27,31)(H,28,30,32). The smallest absolute Gasteiger partial charge is 0.324 e. The second-order valence-electron chi connectivity index (χ2n) is 7.62. The zero-order chi connectivity index (χ0) is 24.1. The first-order chi connectivity index (χ1) is 16.4. The second kappa shape index (κ2) is 10.0. The third-order valence-electron chi connectivity index (χ3n) is 5.20. The van der Waals surface area contributed by atoms with Crippen LogP contribution in [0.2, 0.25) is 0 Å². The van der Waals surface area contributed by atoms with Crippen LogP contribution in [-0.2, 0) is 17.9 Å². The van der Waals surface area contributed by atoms with Crippen molar-refractivity contribution in [2.75, 3.05) is 13.7 Å². The van der Waals surface area contributed by atoms with Crippen LogP contribution in [0.5, 0.6) is 17.2 Å². The molecule has 0 aromatic heterocycles. The van der Waals surface area contributed by atoms with Crippen molar-refractivity contribution in [1.29, 1.82) is 0 Å². The number of hydrogen-bond donors (Lipinski definition) is 2. The van der Waals surface area contributed by atoms with Gasteiger partial charge in [0, 0.05) is 17.7 Å². The van der Waals surface area contributed by atoms with Crippen LogP contribution >= 0.6 is 0 Å². The van der Waals surface area contributed by atoms with Gasteiger partial charge in [-0.05, 0) is 60.2 Å². The third-order valence-corrected chi connectivity index (χ3v) is 5.20. The Balaban J connectivity index is 1.37. The van der Waals surface area contributed by atoms with Crippen molar-refractivity contribution in [2.24, 2.45) is 0 Å². The summed E-state index contributed by atoms with van der Waals surface area (Å²) in [4.78, 5) is 37.3. The molecule has 3 aromatic carbocycles. The molecule has 4 amide bonds. The highest BCUT2D eigenvalue weighted by Crippen LogP contribution is 2.24. The molecule has 0 unspecified atom stereocenters. The minimum Gasteiger partial charge on any atom is -0.496 e. The molecule has 0 radical (unpaired) electrons. The Labute approximate surface area is 195 Å². The SMILES string of the molecule is COc1ccc(C(=O)NCc2ccc(Oc3ccc(F)cc3)cc2)cc1CN1CC(=O)NC1=O. The number of carbonyl (C=O) groups is 3. The molecule has 0 spiro atoms. The van der Waals surface area contributed by atoms with Crippen molar-refractivity contribution in [3.63, 3.8) is 0 Å². The Kier molecular flexibility index (Phi) is 6.72. The number of amides is 4. The molecule has 174 valence electrons. The summed E-state index contributed by atoms with van der Waals surface area (Å²) in [6.45, 7) is 0.386. The quantitative estimate of drug-likeness (QED) is 0.498. The number of nitrogens with zero attached hydrogens (tertiary/aromatic N) is 1. The van der Waals surface area contributed by atoms with Gasteiger partial charge in [-0.25, -0.2) is 9.18 Å². The highest BCUT2D eigenvalue weighted by Gasteiger charge is 2.27. The van der Waals surface area contributed by atoms with E-state index < -0.39 is 6.03 Å². The van der Waals surface area contributed by atoms with Crippen molar-refractivity contribution in [3.05, 3.63) is 89.2 Å². The van der Waals surface area contributed by atoms with Gasteiger partial charge in [0.2, 0.25) is 5.91 Å². The Bertz CT molecular complexity index is 1210. The predicted molar refractivity (Wildman–Crippen MR) is 121 cm³/mol. The van der Waals surface area contributed by atoms with E-state index in [-0.39, 0.29) is 30.7 Å². The Hall–Kier alpha value is -4.40. The van der Waals surface area contributed by atoms with Gasteiger partial charge in [-0.15, -0.1) is 0 Å². The predicted octanol–water partition coefficient (Wildman–Crippen LogP) is 3.61. The highest BCUT2D eigenvalue weighted by atomic mass is 19.1. The van der Waals surface area contributed by atoms with Gasteiger partial charge in [-0.1, -0.05) is 12.1 Å². The van der Waals surface area contributed by atoms with E-state index in [0.717, 1.165) is 5.56 Å². The van der Waals surface area contributed by atoms with Crippen molar-refractivity contribution in [3.8, 4) is 17.2 Å². The topological polar surface area (TPSA) is 97.0 Å². The summed E-state index contributed by atoms with van der Waals surface area (Å²) < 4.78 is 24.0. The van der Waals surface area contributed by atoms with Gasteiger partial charge in [0.15, 0.2) is 0 Å². The average molecular weight is 463 g/mol. The van der Waals surface area contributed by atoms with Gasteiger partial charge in [0.1, 0.15) is 29.6 Å². The molecular weight excluding hydrogens is 441 g/mol. The largest absolute Gasteiger partial charge is 0.496 e. The number of halogens is 1. The number of benzene rings is 3. The van der Waals surface area contributed by atoms with E-state index in [9.17, 15) is 18.8 Å². The number of methoxy groups -OCH3 is 1. The van der Waals surface area contributed by atoms with Crippen molar-refractivity contribution in [1.82, 2.24) is 15.5 Å². The zero-order valence-electron chi connectivity index (χ0n) is 18.3. The fraction of sp³-hybridized carbons (Fsp3) is 0.160. The Morgan fingerprint density at radius 2 is 1.71 bits per heavy atom. The van der Waals surface area contributed by atoms with Gasteiger partial charge in [-0.3, -0.25) is 14.9 Å². The maximum absolute atomic E-state index is 13.0. The number of rotatable bonds is 8. The molecule has 1 heterocycles. The molecule has 9 heteroatoms. The maximum atomic E-state index is 13.0. The molecule has 0 aliphatic carbocycles. The van der Waals surface area contributed by atoms with E-state index in [1.165, 1.54) is 24.1 Å². The van der Waals surface area contributed by atoms with E-state index >= 15 is 0 Å². The fourth-order valence-electron chi connectivity index (χ4n) is 3.46. The van der Waals surface area contributed by atoms with Gasteiger partial charge < -0.3 is 19.7 Å². The molecular formula is C25H22FN3O5. The minimum atomic E-state index is -0.478. The molecule has 2 N–H and O–H groups in total. The summed E-state index contributed by atoms with van der Waals surface area (Å²) in [5.74, 6) is 0.628. The van der Waals surface area contributed by atoms with Gasteiger partial charge in [-0.2, -0.15) is 0 Å². The van der Waals surface area contributed by atoms with Gasteiger partial charge in [0.05, 0.1) is 13.7 Å². The van der Waals surface area contributed by atoms with Crippen LogP contribution in [0.3, 0.4) is 0 Å². The van der Waals surface area contributed by atoms with Crippen molar-refractivity contribution >= 4 is 17.8 Å². The van der Waals surface area contributed by atoms with Gasteiger partial charge in [0.25, 0.3) is 5.91 Å². The first kappa shape index (κ1) is 22.8. The molecule has 0 atom stereocenters. The number of nitrogens with one attached hydrogen (secondary N) is 2. The van der Waals surface area contributed by atoms with E-state index in [2.05, 4.69) is 10.6 Å². The molecule has 0 saturated carbocycles. The normalized spacial score (nSPS) is 12.9. The molecule has 34 heavy (non-hydrogen) atoms. The van der Waals surface area contributed by atoms with E-state index in [1.54, 1.807) is 42.5 Å². The van der Waals surface area contributed by atoms with Crippen LogP contribution in [0.25, 0.3) is 0 Å².